The molecular weight excluding hydrogens is 431 g/mol. The Bertz CT molecular complexity index is 1130. The number of fused-ring (bicyclic) bond motifs is 3. The second-order valence-corrected chi connectivity index (χ2v) is 7.68. The summed E-state index contributed by atoms with van der Waals surface area (Å²) in [5, 5.41) is 23.2. The SMILES string of the molecule is CCN/C1=C(\C(=N)Cl)C/C(=C/NC)C(=N)c2ccc(F)cc2[C@@H](C)Oc2cc1cnc2N. The monoisotopic (exact) mass is 456 g/mol. The molecule has 7 nitrogen and oxygen atoms in total. The van der Waals surface area contributed by atoms with Gasteiger partial charge in [0, 0.05) is 60.4 Å². The van der Waals surface area contributed by atoms with Crippen molar-refractivity contribution >= 4 is 34.0 Å². The first-order chi connectivity index (χ1) is 15.3. The summed E-state index contributed by atoms with van der Waals surface area (Å²) in [5.41, 5.74) is 9.54. The number of aromatic nitrogens is 1. The van der Waals surface area contributed by atoms with E-state index in [1.165, 1.54) is 12.1 Å². The Morgan fingerprint density at radius 2 is 2.16 bits per heavy atom. The van der Waals surface area contributed by atoms with Crippen molar-refractivity contribution < 1.29 is 9.13 Å². The molecule has 1 aromatic heterocycles. The van der Waals surface area contributed by atoms with E-state index in [9.17, 15) is 4.39 Å². The van der Waals surface area contributed by atoms with E-state index in [0.29, 0.717) is 45.8 Å². The van der Waals surface area contributed by atoms with Gasteiger partial charge < -0.3 is 21.1 Å². The average molecular weight is 457 g/mol. The lowest BCUT2D eigenvalue weighted by Gasteiger charge is -2.24. The molecule has 1 aliphatic heterocycles. The van der Waals surface area contributed by atoms with Crippen molar-refractivity contribution in [2.75, 3.05) is 19.3 Å². The highest BCUT2D eigenvalue weighted by atomic mass is 35.5. The molecule has 3 rings (SSSR count). The molecule has 0 aliphatic carbocycles. The second kappa shape index (κ2) is 9.82. The summed E-state index contributed by atoms with van der Waals surface area (Å²) in [7, 11) is 1.73. The zero-order valence-electron chi connectivity index (χ0n) is 18.1. The van der Waals surface area contributed by atoms with Gasteiger partial charge in [0.05, 0.1) is 5.71 Å². The van der Waals surface area contributed by atoms with E-state index in [4.69, 9.17) is 32.9 Å². The van der Waals surface area contributed by atoms with Crippen LogP contribution in [0.25, 0.3) is 5.70 Å². The Morgan fingerprint density at radius 1 is 1.41 bits per heavy atom. The van der Waals surface area contributed by atoms with E-state index in [2.05, 4.69) is 15.6 Å². The summed E-state index contributed by atoms with van der Waals surface area (Å²) in [4.78, 5) is 4.26. The Labute approximate surface area is 191 Å². The van der Waals surface area contributed by atoms with Gasteiger partial charge in [-0.05, 0) is 43.7 Å². The maximum atomic E-state index is 14.1. The fourth-order valence-corrected chi connectivity index (χ4v) is 3.78. The number of hydrogen-bond acceptors (Lipinski definition) is 7. The van der Waals surface area contributed by atoms with Gasteiger partial charge >= 0.3 is 0 Å². The van der Waals surface area contributed by atoms with Gasteiger partial charge in [0.15, 0.2) is 11.6 Å². The van der Waals surface area contributed by atoms with Crippen LogP contribution in [0.1, 0.15) is 43.1 Å². The Balaban J connectivity index is 2.35. The third-order valence-corrected chi connectivity index (χ3v) is 5.35. The quantitative estimate of drug-likeness (QED) is 0.438. The number of benzene rings is 1. The van der Waals surface area contributed by atoms with Gasteiger partial charge in [-0.25, -0.2) is 9.37 Å². The number of nitrogens with one attached hydrogen (secondary N) is 4. The molecule has 1 aliphatic rings. The summed E-state index contributed by atoms with van der Waals surface area (Å²) in [5.74, 6) is 0.0645. The standard InChI is InChI=1S/C23H26ClFN6O/c1-4-30-21-14-8-19(23(28)31-11-14)32-12(2)17-9-15(25)5-6-16(17)20(26)13(10-29-3)7-18(21)22(24)27/h5-6,8-12,26-27,29-30H,4,7H2,1-3H3,(H2,28,31)/b13-10-,21-18-,26-20?,27-22?/t12-/m1/s1. The van der Waals surface area contributed by atoms with E-state index >= 15 is 0 Å². The molecule has 0 fully saturated rings. The van der Waals surface area contributed by atoms with Gasteiger partial charge in [-0.15, -0.1) is 0 Å². The van der Waals surface area contributed by atoms with Crippen LogP contribution in [0.5, 0.6) is 5.75 Å². The van der Waals surface area contributed by atoms with Gasteiger partial charge in [-0.3, -0.25) is 10.8 Å². The smallest absolute Gasteiger partial charge is 0.166 e. The normalized spacial score (nSPS) is 20.0. The van der Waals surface area contributed by atoms with Gasteiger partial charge in [0.2, 0.25) is 0 Å². The minimum absolute atomic E-state index is 0.167. The first kappa shape index (κ1) is 23.3. The highest BCUT2D eigenvalue weighted by Gasteiger charge is 2.24. The van der Waals surface area contributed by atoms with Crippen LogP contribution in [0.2, 0.25) is 0 Å². The molecule has 0 saturated heterocycles. The largest absolute Gasteiger partial charge is 0.482 e. The number of halogens is 2. The molecule has 0 spiro atoms. The summed E-state index contributed by atoms with van der Waals surface area (Å²) >= 11 is 6.22. The maximum absolute atomic E-state index is 14.1. The van der Waals surface area contributed by atoms with E-state index in [1.807, 2.05) is 6.92 Å². The van der Waals surface area contributed by atoms with Crippen LogP contribution in [-0.2, 0) is 0 Å². The zero-order chi connectivity index (χ0) is 23.4. The lowest BCUT2D eigenvalue weighted by molar-refractivity contribution is 0.227. The average Bonchev–Trinajstić information content (AvgIpc) is 2.75. The van der Waals surface area contributed by atoms with Crippen LogP contribution in [0, 0.1) is 16.6 Å². The number of anilines is 1. The van der Waals surface area contributed by atoms with E-state index in [1.54, 1.807) is 38.5 Å². The molecule has 0 saturated carbocycles. The number of nitrogens with zero attached hydrogens (tertiary/aromatic N) is 1. The number of pyridine rings is 1. The van der Waals surface area contributed by atoms with Crippen molar-refractivity contribution in [2.24, 2.45) is 0 Å². The summed E-state index contributed by atoms with van der Waals surface area (Å²) in [6, 6.07) is 5.95. The predicted octanol–water partition coefficient (Wildman–Crippen LogP) is 4.35. The second-order valence-electron chi connectivity index (χ2n) is 7.31. The number of nitrogen functional groups attached to an aromatic ring is 1. The molecule has 0 radical (unpaired) electrons. The fourth-order valence-electron chi connectivity index (χ4n) is 3.62. The molecule has 168 valence electrons. The third-order valence-electron chi connectivity index (χ3n) is 5.12. The third kappa shape index (κ3) is 4.75. The van der Waals surface area contributed by atoms with E-state index < -0.39 is 11.9 Å². The number of allylic oxidation sites excluding steroid dienone is 2. The van der Waals surface area contributed by atoms with Crippen molar-refractivity contribution in [3.63, 3.8) is 0 Å². The molecule has 6 N–H and O–H groups in total. The maximum Gasteiger partial charge on any atom is 0.166 e. The Kier molecular flexibility index (Phi) is 7.15. The molecule has 9 heteroatoms. The lowest BCUT2D eigenvalue weighted by Crippen LogP contribution is -2.20. The molecule has 1 aromatic carbocycles. The van der Waals surface area contributed by atoms with Crippen LogP contribution >= 0.6 is 11.6 Å². The van der Waals surface area contributed by atoms with Crippen LogP contribution in [0.15, 0.2) is 47.8 Å². The van der Waals surface area contributed by atoms with Gasteiger partial charge in [-0.1, -0.05) is 11.6 Å². The molecule has 0 amide bonds. The van der Waals surface area contributed by atoms with Gasteiger partial charge in [-0.2, -0.15) is 0 Å². The van der Waals surface area contributed by atoms with Crippen molar-refractivity contribution in [2.45, 2.75) is 26.4 Å². The first-order valence-electron chi connectivity index (χ1n) is 10.2. The molecular formula is C23H26ClFN6O. The van der Waals surface area contributed by atoms with Crippen molar-refractivity contribution in [1.29, 1.82) is 10.8 Å². The van der Waals surface area contributed by atoms with Crippen molar-refractivity contribution in [1.82, 2.24) is 15.6 Å². The van der Waals surface area contributed by atoms with Crippen LogP contribution in [0.4, 0.5) is 10.2 Å². The fraction of sp³-hybridized carbons (Fsp3) is 0.261. The highest BCUT2D eigenvalue weighted by Crippen LogP contribution is 2.34. The summed E-state index contributed by atoms with van der Waals surface area (Å²) in [6.45, 7) is 4.27. The highest BCUT2D eigenvalue weighted by molar-refractivity contribution is 6.69. The first-order valence-corrected chi connectivity index (χ1v) is 10.5. The van der Waals surface area contributed by atoms with E-state index in [-0.39, 0.29) is 23.1 Å². The minimum atomic E-state index is -0.604. The van der Waals surface area contributed by atoms with Crippen molar-refractivity contribution in [3.8, 4) is 5.75 Å². The number of ether oxygens (including phenoxy) is 1. The zero-order valence-corrected chi connectivity index (χ0v) is 18.9. The number of nitrogens with two attached hydrogens (primary N) is 1. The van der Waals surface area contributed by atoms with Crippen LogP contribution in [-0.4, -0.2) is 29.5 Å². The Hall–Kier alpha value is -3.39. The molecule has 2 bridgehead atoms. The van der Waals surface area contributed by atoms with Crippen LogP contribution in [0.3, 0.4) is 0 Å². The Morgan fingerprint density at radius 3 is 2.81 bits per heavy atom. The molecule has 1 atom stereocenters. The molecule has 0 unspecified atom stereocenters. The molecule has 2 aromatic rings. The van der Waals surface area contributed by atoms with Gasteiger partial charge in [0.25, 0.3) is 0 Å². The predicted molar refractivity (Wildman–Crippen MR) is 127 cm³/mol. The topological polar surface area (TPSA) is 120 Å². The van der Waals surface area contributed by atoms with Crippen molar-refractivity contribution in [3.05, 3.63) is 70.3 Å². The summed E-state index contributed by atoms with van der Waals surface area (Å²) < 4.78 is 20.2. The van der Waals surface area contributed by atoms with E-state index in [0.717, 1.165) is 0 Å². The number of rotatable bonds is 4. The van der Waals surface area contributed by atoms with Gasteiger partial charge in [0.1, 0.15) is 17.1 Å². The lowest BCUT2D eigenvalue weighted by atomic mass is 9.90. The number of hydrogen-bond donors (Lipinski definition) is 5. The molecule has 32 heavy (non-hydrogen) atoms. The molecule has 2 heterocycles. The summed E-state index contributed by atoms with van der Waals surface area (Å²) in [6.07, 6.45) is 2.85. The minimum Gasteiger partial charge on any atom is -0.482 e. The van der Waals surface area contributed by atoms with Crippen LogP contribution < -0.4 is 21.1 Å².